The maximum Gasteiger partial charge on any atom is 0.416 e. The zero-order valence-electron chi connectivity index (χ0n) is 12.4. The molecule has 132 valence electrons. The van der Waals surface area contributed by atoms with E-state index >= 15 is 0 Å². The number of rotatable bonds is 4. The fourth-order valence-electron chi connectivity index (χ4n) is 1.83. The molecule has 0 unspecified atom stereocenters. The molecule has 2 aromatic carbocycles. The van der Waals surface area contributed by atoms with Crippen LogP contribution in [0.5, 0.6) is 5.75 Å². The monoisotopic (exact) mass is 373 g/mol. The highest BCUT2D eigenvalue weighted by molar-refractivity contribution is 6.33. The molecule has 0 aromatic heterocycles. The number of esters is 1. The number of phenolic OH excluding ortho intramolecular Hbond substituents is 1. The predicted octanol–water partition coefficient (Wildman–Crippen LogP) is 3.86. The molecule has 0 aliphatic rings. The van der Waals surface area contributed by atoms with Crippen LogP contribution in [0, 0.1) is 0 Å². The summed E-state index contributed by atoms with van der Waals surface area (Å²) in [4.78, 5) is 23.5. The van der Waals surface area contributed by atoms with E-state index in [0.29, 0.717) is 6.07 Å². The number of carbonyl (C=O) groups excluding carboxylic acids is 2. The first kappa shape index (κ1) is 18.6. The molecule has 25 heavy (non-hydrogen) atoms. The fourth-order valence-corrected chi connectivity index (χ4v) is 2.00. The SMILES string of the molecule is O=C(COC(=O)c1cccc(O)c1)Nc1cc(C(F)(F)F)ccc1Cl. The molecule has 0 fully saturated rings. The minimum Gasteiger partial charge on any atom is -0.508 e. The summed E-state index contributed by atoms with van der Waals surface area (Å²) in [5.41, 5.74) is -1.22. The molecule has 0 aliphatic carbocycles. The van der Waals surface area contributed by atoms with Crippen LogP contribution in [0.15, 0.2) is 42.5 Å². The third kappa shape index (κ3) is 5.12. The molecular weight excluding hydrogens is 363 g/mol. The van der Waals surface area contributed by atoms with E-state index < -0.39 is 30.2 Å². The quantitative estimate of drug-likeness (QED) is 0.798. The van der Waals surface area contributed by atoms with E-state index in [4.69, 9.17) is 16.3 Å². The molecule has 2 rings (SSSR count). The van der Waals surface area contributed by atoms with E-state index in [1.165, 1.54) is 18.2 Å². The molecule has 9 heteroatoms. The Balaban J connectivity index is 2.00. The maximum absolute atomic E-state index is 12.7. The molecule has 0 aliphatic heterocycles. The molecule has 2 aromatic rings. The third-order valence-electron chi connectivity index (χ3n) is 2.98. The summed E-state index contributed by atoms with van der Waals surface area (Å²) in [7, 11) is 0. The number of halogens is 4. The van der Waals surface area contributed by atoms with E-state index in [-0.39, 0.29) is 22.0 Å². The van der Waals surface area contributed by atoms with Crippen LogP contribution in [-0.2, 0) is 15.7 Å². The molecule has 0 bridgehead atoms. The Morgan fingerprint density at radius 2 is 1.88 bits per heavy atom. The van der Waals surface area contributed by atoms with Crippen molar-refractivity contribution in [2.75, 3.05) is 11.9 Å². The summed E-state index contributed by atoms with van der Waals surface area (Å²) in [6, 6.07) is 7.72. The molecular formula is C16H11ClF3NO4. The largest absolute Gasteiger partial charge is 0.508 e. The van der Waals surface area contributed by atoms with Crippen LogP contribution < -0.4 is 5.32 Å². The second-order valence-electron chi connectivity index (χ2n) is 4.87. The number of alkyl halides is 3. The topological polar surface area (TPSA) is 75.6 Å². The van der Waals surface area contributed by atoms with Crippen LogP contribution in [0.2, 0.25) is 5.02 Å². The minimum atomic E-state index is -4.59. The lowest BCUT2D eigenvalue weighted by Crippen LogP contribution is -2.21. The van der Waals surface area contributed by atoms with Gasteiger partial charge in [0.2, 0.25) is 0 Å². The number of phenols is 1. The lowest BCUT2D eigenvalue weighted by molar-refractivity contribution is -0.137. The number of aromatic hydroxyl groups is 1. The molecule has 0 heterocycles. The number of carbonyl (C=O) groups is 2. The maximum atomic E-state index is 12.7. The molecule has 5 nitrogen and oxygen atoms in total. The van der Waals surface area contributed by atoms with E-state index in [0.717, 1.165) is 18.2 Å². The molecule has 0 saturated heterocycles. The zero-order chi connectivity index (χ0) is 18.6. The Morgan fingerprint density at radius 3 is 2.52 bits per heavy atom. The Labute approximate surface area is 145 Å². The van der Waals surface area contributed by atoms with Gasteiger partial charge in [0.05, 0.1) is 21.8 Å². The molecule has 0 atom stereocenters. The summed E-state index contributed by atoms with van der Waals surface area (Å²) >= 11 is 5.75. The molecule has 0 radical (unpaired) electrons. The predicted molar refractivity (Wildman–Crippen MR) is 83.5 cm³/mol. The van der Waals surface area contributed by atoms with Crippen molar-refractivity contribution in [2.24, 2.45) is 0 Å². The number of benzene rings is 2. The van der Waals surface area contributed by atoms with Crippen LogP contribution in [0.3, 0.4) is 0 Å². The van der Waals surface area contributed by atoms with E-state index in [1.807, 2.05) is 0 Å². The zero-order valence-corrected chi connectivity index (χ0v) is 13.2. The van der Waals surface area contributed by atoms with Gasteiger partial charge in [0, 0.05) is 0 Å². The minimum absolute atomic E-state index is 0.0184. The van der Waals surface area contributed by atoms with Crippen LogP contribution in [0.25, 0.3) is 0 Å². The number of amides is 1. The molecule has 0 spiro atoms. The van der Waals surface area contributed by atoms with Gasteiger partial charge in [-0.05, 0) is 36.4 Å². The number of nitrogens with one attached hydrogen (secondary N) is 1. The average molecular weight is 374 g/mol. The van der Waals surface area contributed by atoms with Crippen molar-refractivity contribution in [3.63, 3.8) is 0 Å². The highest BCUT2D eigenvalue weighted by Crippen LogP contribution is 2.33. The Kier molecular flexibility index (Phi) is 5.53. The number of anilines is 1. The van der Waals surface area contributed by atoms with Crippen LogP contribution in [-0.4, -0.2) is 23.6 Å². The summed E-state index contributed by atoms with van der Waals surface area (Å²) in [6.07, 6.45) is -4.59. The Morgan fingerprint density at radius 1 is 1.16 bits per heavy atom. The second-order valence-corrected chi connectivity index (χ2v) is 5.27. The standard InChI is InChI=1S/C16H11ClF3NO4/c17-12-5-4-10(16(18,19)20)7-13(12)21-14(23)8-25-15(24)9-2-1-3-11(22)6-9/h1-7,22H,8H2,(H,21,23). The van der Waals surface area contributed by atoms with Crippen molar-refractivity contribution in [3.05, 3.63) is 58.6 Å². The summed E-state index contributed by atoms with van der Waals surface area (Å²) < 4.78 is 42.7. The summed E-state index contributed by atoms with van der Waals surface area (Å²) in [5.74, 6) is -1.90. The van der Waals surface area contributed by atoms with Gasteiger partial charge in [-0.15, -0.1) is 0 Å². The van der Waals surface area contributed by atoms with Crippen molar-refractivity contribution in [1.82, 2.24) is 0 Å². The average Bonchev–Trinajstić information content (AvgIpc) is 2.53. The lowest BCUT2D eigenvalue weighted by Gasteiger charge is -2.12. The van der Waals surface area contributed by atoms with E-state index in [1.54, 1.807) is 0 Å². The van der Waals surface area contributed by atoms with Crippen molar-refractivity contribution < 1.29 is 32.6 Å². The normalized spacial score (nSPS) is 11.0. The van der Waals surface area contributed by atoms with Crippen molar-refractivity contribution in [1.29, 1.82) is 0 Å². The van der Waals surface area contributed by atoms with E-state index in [9.17, 15) is 27.9 Å². The highest BCUT2D eigenvalue weighted by atomic mass is 35.5. The van der Waals surface area contributed by atoms with Gasteiger partial charge >= 0.3 is 12.1 Å². The van der Waals surface area contributed by atoms with Gasteiger partial charge in [0.25, 0.3) is 5.91 Å². The second kappa shape index (κ2) is 7.43. The smallest absolute Gasteiger partial charge is 0.416 e. The Bertz CT molecular complexity index is 808. The number of hydrogen-bond acceptors (Lipinski definition) is 4. The van der Waals surface area contributed by atoms with Crippen LogP contribution in [0.1, 0.15) is 15.9 Å². The number of hydrogen-bond donors (Lipinski definition) is 2. The van der Waals surface area contributed by atoms with Gasteiger partial charge in [-0.25, -0.2) is 4.79 Å². The first-order valence-corrected chi connectivity index (χ1v) is 7.17. The fraction of sp³-hybridized carbons (Fsp3) is 0.125. The van der Waals surface area contributed by atoms with Gasteiger partial charge < -0.3 is 15.2 Å². The highest BCUT2D eigenvalue weighted by Gasteiger charge is 2.31. The van der Waals surface area contributed by atoms with Gasteiger partial charge in [-0.2, -0.15) is 13.2 Å². The molecule has 2 N–H and O–H groups in total. The van der Waals surface area contributed by atoms with Crippen molar-refractivity contribution >= 4 is 29.2 Å². The van der Waals surface area contributed by atoms with Gasteiger partial charge in [0.15, 0.2) is 6.61 Å². The summed E-state index contributed by atoms with van der Waals surface area (Å²) in [6.45, 7) is -0.735. The molecule has 1 amide bonds. The first-order valence-electron chi connectivity index (χ1n) is 6.79. The molecule has 0 saturated carbocycles. The van der Waals surface area contributed by atoms with Gasteiger partial charge in [-0.1, -0.05) is 17.7 Å². The number of ether oxygens (including phenoxy) is 1. The lowest BCUT2D eigenvalue weighted by atomic mass is 10.2. The Hall–Kier alpha value is -2.74. The van der Waals surface area contributed by atoms with Crippen molar-refractivity contribution in [2.45, 2.75) is 6.18 Å². The first-order chi connectivity index (χ1) is 11.7. The van der Waals surface area contributed by atoms with Crippen molar-refractivity contribution in [3.8, 4) is 5.75 Å². The summed E-state index contributed by atoms with van der Waals surface area (Å²) in [5, 5.41) is 11.3. The van der Waals surface area contributed by atoms with Crippen LogP contribution >= 0.6 is 11.6 Å². The third-order valence-corrected chi connectivity index (χ3v) is 3.31. The van der Waals surface area contributed by atoms with Gasteiger partial charge in [-0.3, -0.25) is 4.79 Å². The van der Waals surface area contributed by atoms with Gasteiger partial charge in [0.1, 0.15) is 5.75 Å². The van der Waals surface area contributed by atoms with Crippen LogP contribution in [0.4, 0.5) is 18.9 Å². The van der Waals surface area contributed by atoms with E-state index in [2.05, 4.69) is 5.32 Å².